The van der Waals surface area contributed by atoms with Gasteiger partial charge in [-0.05, 0) is 19.1 Å². The second-order valence-electron chi connectivity index (χ2n) is 5.52. The molecule has 4 heterocycles. The number of hydrogen-bond donors (Lipinski definition) is 1. The van der Waals surface area contributed by atoms with Gasteiger partial charge in [-0.2, -0.15) is 9.94 Å². The van der Waals surface area contributed by atoms with E-state index in [1.807, 2.05) is 19.1 Å². The molecule has 0 aliphatic carbocycles. The van der Waals surface area contributed by atoms with E-state index in [0.717, 1.165) is 17.0 Å². The van der Waals surface area contributed by atoms with E-state index in [0.29, 0.717) is 22.1 Å². The first-order valence-electron chi connectivity index (χ1n) is 7.99. The maximum absolute atomic E-state index is 12.7. The van der Waals surface area contributed by atoms with Gasteiger partial charge < -0.3 is 0 Å². The van der Waals surface area contributed by atoms with E-state index in [9.17, 15) is 10.1 Å². The van der Waals surface area contributed by atoms with Crippen molar-refractivity contribution in [2.45, 2.75) is 6.92 Å². The average molecular weight is 389 g/mol. The number of thiazole rings is 1. The number of nitrogens with zero attached hydrogens (tertiary/aromatic N) is 8. The number of carbonyl (C=O) groups excluding carboxylic acids is 1. The summed E-state index contributed by atoms with van der Waals surface area (Å²) in [6.07, 6.45) is 5.77. The molecule has 28 heavy (non-hydrogen) atoms. The van der Waals surface area contributed by atoms with Gasteiger partial charge in [0.25, 0.3) is 5.91 Å². The van der Waals surface area contributed by atoms with Gasteiger partial charge in [-0.3, -0.25) is 20.1 Å². The maximum Gasteiger partial charge on any atom is 0.277 e. The largest absolute Gasteiger partial charge is 0.296 e. The molecule has 4 aromatic heterocycles. The number of hydrogen-bond acceptors (Lipinski definition) is 9. The lowest BCUT2D eigenvalue weighted by molar-refractivity contribution is 0.101. The topological polar surface area (TPSA) is 135 Å². The average Bonchev–Trinajstić information content (AvgIpc) is 3.35. The number of aryl methyl sites for hydroxylation is 1. The quantitative estimate of drug-likeness (QED) is 0.560. The van der Waals surface area contributed by atoms with Crippen LogP contribution in [0.15, 0.2) is 43.0 Å². The van der Waals surface area contributed by atoms with Crippen LogP contribution in [0.4, 0.5) is 5.13 Å². The molecule has 136 valence electrons. The maximum atomic E-state index is 12.7. The molecule has 0 spiro atoms. The van der Waals surface area contributed by atoms with Crippen LogP contribution in [0.25, 0.3) is 17.2 Å². The smallest absolute Gasteiger partial charge is 0.277 e. The van der Waals surface area contributed by atoms with Gasteiger partial charge in [0, 0.05) is 18.1 Å². The SMILES string of the molecule is Cc1cccc(-c2nc(NC(=O)c3cnnn3-c3cnccn3)sc2C#N)n1. The second kappa shape index (κ2) is 7.29. The minimum absolute atomic E-state index is 0.157. The number of amides is 1. The molecule has 0 aliphatic rings. The second-order valence-corrected chi connectivity index (χ2v) is 6.52. The molecule has 0 fully saturated rings. The molecule has 1 N–H and O–H groups in total. The Balaban J connectivity index is 1.64. The summed E-state index contributed by atoms with van der Waals surface area (Å²) >= 11 is 1.07. The molecule has 0 aliphatic heterocycles. The normalized spacial score (nSPS) is 10.4. The van der Waals surface area contributed by atoms with Gasteiger partial charge in [0.05, 0.1) is 18.1 Å². The van der Waals surface area contributed by atoms with E-state index >= 15 is 0 Å². The zero-order chi connectivity index (χ0) is 19.5. The molecule has 10 nitrogen and oxygen atoms in total. The van der Waals surface area contributed by atoms with E-state index in [-0.39, 0.29) is 10.8 Å². The molecule has 4 aromatic rings. The van der Waals surface area contributed by atoms with Crippen molar-refractivity contribution < 1.29 is 4.79 Å². The number of anilines is 1. The molecular weight excluding hydrogens is 378 g/mol. The molecule has 1 amide bonds. The molecule has 11 heteroatoms. The molecule has 0 atom stereocenters. The standard InChI is InChI=1S/C17H11N9OS/c1-10-3-2-4-11(22-10)15-13(7-18)28-17(23-15)24-16(27)12-8-21-25-26(12)14-9-19-5-6-20-14/h2-6,8-9H,1H3,(H,23,24,27). The van der Waals surface area contributed by atoms with Gasteiger partial charge in [-0.25, -0.2) is 9.97 Å². The Bertz CT molecular complexity index is 1190. The lowest BCUT2D eigenvalue weighted by Crippen LogP contribution is -2.17. The Kier molecular flexibility index (Phi) is 4.53. The van der Waals surface area contributed by atoms with Gasteiger partial charge in [-0.1, -0.05) is 22.6 Å². The first-order chi connectivity index (χ1) is 13.7. The Morgan fingerprint density at radius 2 is 2.14 bits per heavy atom. The highest BCUT2D eigenvalue weighted by atomic mass is 32.1. The molecule has 0 saturated carbocycles. The molecule has 4 rings (SSSR count). The molecular formula is C17H11N9OS. The number of aromatic nitrogens is 7. The Hall–Kier alpha value is -4.04. The number of rotatable bonds is 4. The number of carbonyl (C=O) groups is 1. The Morgan fingerprint density at radius 3 is 2.89 bits per heavy atom. The fraction of sp³-hybridized carbons (Fsp3) is 0.0588. The van der Waals surface area contributed by atoms with Crippen LogP contribution in [-0.4, -0.2) is 40.8 Å². The summed E-state index contributed by atoms with van der Waals surface area (Å²) in [5.74, 6) is -0.135. The predicted molar refractivity (Wildman–Crippen MR) is 99.7 cm³/mol. The number of nitriles is 1. The third-order valence-electron chi connectivity index (χ3n) is 3.63. The van der Waals surface area contributed by atoms with Gasteiger partial charge in [-0.15, -0.1) is 5.10 Å². The van der Waals surface area contributed by atoms with Crippen molar-refractivity contribution >= 4 is 22.4 Å². The van der Waals surface area contributed by atoms with Crippen molar-refractivity contribution in [2.75, 3.05) is 5.32 Å². The number of pyridine rings is 1. The Morgan fingerprint density at radius 1 is 1.25 bits per heavy atom. The summed E-state index contributed by atoms with van der Waals surface area (Å²) in [7, 11) is 0. The minimum Gasteiger partial charge on any atom is -0.296 e. The van der Waals surface area contributed by atoms with Gasteiger partial charge in [0.2, 0.25) is 0 Å². The monoisotopic (exact) mass is 389 g/mol. The van der Waals surface area contributed by atoms with Crippen molar-refractivity contribution in [2.24, 2.45) is 0 Å². The fourth-order valence-corrected chi connectivity index (χ4v) is 3.19. The summed E-state index contributed by atoms with van der Waals surface area (Å²) in [6.45, 7) is 1.85. The summed E-state index contributed by atoms with van der Waals surface area (Å²) < 4.78 is 1.27. The van der Waals surface area contributed by atoms with Crippen LogP contribution in [0.2, 0.25) is 0 Å². The zero-order valence-electron chi connectivity index (χ0n) is 14.4. The van der Waals surface area contributed by atoms with E-state index in [4.69, 9.17) is 0 Å². The van der Waals surface area contributed by atoms with Crippen molar-refractivity contribution in [1.29, 1.82) is 5.26 Å². The predicted octanol–water partition coefficient (Wildman–Crippen LogP) is 2.01. The summed E-state index contributed by atoms with van der Waals surface area (Å²) in [4.78, 5) is 29.8. The van der Waals surface area contributed by atoms with Crippen LogP contribution in [-0.2, 0) is 0 Å². The van der Waals surface area contributed by atoms with Crippen LogP contribution >= 0.6 is 11.3 Å². The van der Waals surface area contributed by atoms with Crippen molar-refractivity contribution in [3.8, 4) is 23.3 Å². The van der Waals surface area contributed by atoms with E-state index in [1.165, 1.54) is 29.5 Å². The highest BCUT2D eigenvalue weighted by Gasteiger charge is 2.20. The van der Waals surface area contributed by atoms with E-state index in [2.05, 4.69) is 41.6 Å². The zero-order valence-corrected chi connectivity index (χ0v) is 15.3. The van der Waals surface area contributed by atoms with Crippen LogP contribution < -0.4 is 5.32 Å². The number of nitrogens with one attached hydrogen (secondary N) is 1. The van der Waals surface area contributed by atoms with E-state index < -0.39 is 5.91 Å². The van der Waals surface area contributed by atoms with Crippen molar-refractivity contribution in [3.05, 3.63) is 59.3 Å². The lowest BCUT2D eigenvalue weighted by Gasteiger charge is -2.04. The van der Waals surface area contributed by atoms with Crippen LogP contribution in [0.5, 0.6) is 0 Å². The molecule has 0 radical (unpaired) electrons. The van der Waals surface area contributed by atoms with Crippen molar-refractivity contribution in [1.82, 2.24) is 34.9 Å². The van der Waals surface area contributed by atoms with Gasteiger partial charge in [0.1, 0.15) is 16.6 Å². The molecule has 0 unspecified atom stereocenters. The summed E-state index contributed by atoms with van der Waals surface area (Å²) in [5, 5.41) is 20.0. The van der Waals surface area contributed by atoms with Gasteiger partial charge >= 0.3 is 0 Å². The lowest BCUT2D eigenvalue weighted by atomic mass is 10.2. The van der Waals surface area contributed by atoms with Crippen LogP contribution in [0, 0.1) is 18.3 Å². The third-order valence-corrected chi connectivity index (χ3v) is 4.50. The highest BCUT2D eigenvalue weighted by molar-refractivity contribution is 7.16. The minimum atomic E-state index is -0.488. The third kappa shape index (κ3) is 3.31. The molecule has 0 aromatic carbocycles. The molecule has 0 saturated heterocycles. The highest BCUT2D eigenvalue weighted by Crippen LogP contribution is 2.29. The fourth-order valence-electron chi connectivity index (χ4n) is 2.42. The Labute approximate surface area is 162 Å². The first-order valence-corrected chi connectivity index (χ1v) is 8.81. The first kappa shape index (κ1) is 17.4. The molecule has 0 bridgehead atoms. The van der Waals surface area contributed by atoms with Crippen LogP contribution in [0.3, 0.4) is 0 Å². The van der Waals surface area contributed by atoms with Crippen LogP contribution in [0.1, 0.15) is 21.1 Å². The van der Waals surface area contributed by atoms with Gasteiger partial charge in [0.15, 0.2) is 16.6 Å². The van der Waals surface area contributed by atoms with Crippen molar-refractivity contribution in [3.63, 3.8) is 0 Å². The van der Waals surface area contributed by atoms with E-state index in [1.54, 1.807) is 6.07 Å². The summed E-state index contributed by atoms with van der Waals surface area (Å²) in [5.41, 5.74) is 1.95. The summed E-state index contributed by atoms with van der Waals surface area (Å²) in [6, 6.07) is 7.55.